The van der Waals surface area contributed by atoms with Crippen LogP contribution in [0.15, 0.2) is 18.2 Å². The Hall–Kier alpha value is -3.54. The van der Waals surface area contributed by atoms with Crippen LogP contribution in [0.1, 0.15) is 60.5 Å². The van der Waals surface area contributed by atoms with E-state index in [9.17, 15) is 19.2 Å². The Morgan fingerprint density at radius 2 is 1.32 bits per heavy atom. The number of ether oxygens (including phenoxy) is 7. The van der Waals surface area contributed by atoms with Gasteiger partial charge < -0.3 is 38.5 Å². The molecule has 1 aromatic carbocycles. The highest BCUT2D eigenvalue weighted by Crippen LogP contribution is 2.30. The van der Waals surface area contributed by atoms with Gasteiger partial charge in [-0.2, -0.15) is 0 Å². The Labute approximate surface area is 223 Å². The fourth-order valence-electron chi connectivity index (χ4n) is 2.86. The average molecular weight is 542 g/mol. The van der Waals surface area contributed by atoms with Gasteiger partial charge in [-0.3, -0.25) is 4.79 Å². The van der Waals surface area contributed by atoms with Gasteiger partial charge in [0.15, 0.2) is 11.5 Å². The number of methoxy groups -OCH3 is 1. The minimum Gasteiger partial charge on any atom is -0.468 e. The highest BCUT2D eigenvalue weighted by molar-refractivity contribution is 5.76. The van der Waals surface area contributed by atoms with Crippen LogP contribution in [0, 0.1) is 0 Å². The summed E-state index contributed by atoms with van der Waals surface area (Å²) in [6, 6.07) is 3.57. The predicted octanol–water partition coefficient (Wildman–Crippen LogP) is 4.55. The molecule has 1 aromatic rings. The molecule has 12 heteroatoms. The zero-order valence-corrected chi connectivity index (χ0v) is 23.2. The van der Waals surface area contributed by atoms with Crippen molar-refractivity contribution < 1.29 is 52.3 Å². The summed E-state index contributed by atoms with van der Waals surface area (Å²) in [6.45, 7) is 12.0. The lowest BCUT2D eigenvalue weighted by Gasteiger charge is -2.21. The molecular weight excluding hydrogens is 502 g/mol. The number of hydrogen-bond acceptors (Lipinski definition) is 12. The number of esters is 1. The zero-order chi connectivity index (χ0) is 28.8. The highest BCUT2D eigenvalue weighted by atomic mass is 16.8. The number of rotatable bonds is 13. The molecular formula is C26H39NO11. The monoisotopic (exact) mass is 541 g/mol. The van der Waals surface area contributed by atoms with Crippen LogP contribution in [0.3, 0.4) is 0 Å². The van der Waals surface area contributed by atoms with E-state index in [0.717, 1.165) is 0 Å². The first-order valence-corrected chi connectivity index (χ1v) is 12.4. The van der Waals surface area contributed by atoms with E-state index in [4.69, 9.17) is 33.2 Å². The van der Waals surface area contributed by atoms with Gasteiger partial charge in [-0.15, -0.1) is 0 Å². The molecule has 38 heavy (non-hydrogen) atoms. The lowest BCUT2D eigenvalue weighted by molar-refractivity contribution is -0.143. The second-order valence-corrected chi connectivity index (χ2v) is 9.02. The molecule has 0 fully saturated rings. The normalized spacial score (nSPS) is 13.2. The molecule has 0 spiro atoms. The van der Waals surface area contributed by atoms with Crippen molar-refractivity contribution in [3.8, 4) is 11.5 Å². The maximum absolute atomic E-state index is 12.4. The maximum Gasteiger partial charge on any atom is 0.514 e. The number of carbonyl (C=O) groups is 4. The molecule has 0 amide bonds. The van der Waals surface area contributed by atoms with E-state index in [0.29, 0.717) is 12.0 Å². The summed E-state index contributed by atoms with van der Waals surface area (Å²) in [7, 11) is 1.24. The van der Waals surface area contributed by atoms with Gasteiger partial charge in [-0.05, 0) is 72.1 Å². The number of hydrogen-bond donors (Lipinski definition) is 1. The van der Waals surface area contributed by atoms with Crippen LogP contribution >= 0.6 is 0 Å². The SMILES string of the molecule is CCC(C)OC(=O)OC(C)CN[C@@H](Cc1ccc(OC(=O)OC(C)C)c(OC(=O)OC(C)C)c1)C(=O)OC. The van der Waals surface area contributed by atoms with Crippen LogP contribution in [-0.2, 0) is 34.9 Å². The van der Waals surface area contributed by atoms with Gasteiger partial charge in [0.05, 0.1) is 19.3 Å². The molecule has 3 atom stereocenters. The quantitative estimate of drug-likeness (QED) is 0.212. The Bertz CT molecular complexity index is 932. The van der Waals surface area contributed by atoms with Crippen molar-refractivity contribution in [2.75, 3.05) is 13.7 Å². The average Bonchev–Trinajstić information content (AvgIpc) is 2.81. The predicted molar refractivity (Wildman–Crippen MR) is 135 cm³/mol. The van der Waals surface area contributed by atoms with Gasteiger partial charge in [0.2, 0.25) is 0 Å². The standard InChI is InChI=1S/C26H39NO11/c1-9-17(6)35-26(31)36-18(7)14-27-20(23(28)32-8)12-19-10-11-21(37-24(29)33-15(2)3)22(13-19)38-25(30)34-16(4)5/h10-11,13,15-18,20,27H,9,12,14H2,1-8H3/t17?,18?,20-/m0/s1. The van der Waals surface area contributed by atoms with E-state index >= 15 is 0 Å². The largest absolute Gasteiger partial charge is 0.514 e. The van der Waals surface area contributed by atoms with E-state index < -0.39 is 48.8 Å². The summed E-state index contributed by atoms with van der Waals surface area (Å²) in [5.41, 5.74) is 0.537. The van der Waals surface area contributed by atoms with Gasteiger partial charge in [-0.25, -0.2) is 14.4 Å². The Kier molecular flexibility index (Phi) is 14.0. The molecule has 0 heterocycles. The third-order valence-electron chi connectivity index (χ3n) is 4.81. The summed E-state index contributed by atoms with van der Waals surface area (Å²) in [5, 5.41) is 3.00. The molecule has 0 saturated carbocycles. The molecule has 0 aromatic heterocycles. The summed E-state index contributed by atoms with van der Waals surface area (Å²) < 4.78 is 35.6. The van der Waals surface area contributed by atoms with Gasteiger partial charge in [0.1, 0.15) is 18.2 Å². The van der Waals surface area contributed by atoms with Crippen LogP contribution in [0.5, 0.6) is 11.5 Å². The molecule has 0 aliphatic heterocycles. The summed E-state index contributed by atoms with van der Waals surface area (Å²) in [5.74, 6) is -0.756. The first kappa shape index (κ1) is 32.5. The van der Waals surface area contributed by atoms with Crippen LogP contribution in [0.4, 0.5) is 14.4 Å². The third-order valence-corrected chi connectivity index (χ3v) is 4.81. The molecule has 0 aliphatic carbocycles. The zero-order valence-electron chi connectivity index (χ0n) is 23.2. The second kappa shape index (κ2) is 16.3. The highest BCUT2D eigenvalue weighted by Gasteiger charge is 2.24. The van der Waals surface area contributed by atoms with Crippen LogP contribution in [0.2, 0.25) is 0 Å². The molecule has 0 bridgehead atoms. The van der Waals surface area contributed by atoms with Crippen molar-refractivity contribution in [1.29, 1.82) is 0 Å². The van der Waals surface area contributed by atoms with Crippen molar-refractivity contribution in [3.63, 3.8) is 0 Å². The minimum atomic E-state index is -1.00. The van der Waals surface area contributed by atoms with Crippen molar-refractivity contribution in [1.82, 2.24) is 5.32 Å². The van der Waals surface area contributed by atoms with Crippen molar-refractivity contribution in [3.05, 3.63) is 23.8 Å². The third kappa shape index (κ3) is 12.6. The smallest absolute Gasteiger partial charge is 0.468 e. The summed E-state index contributed by atoms with van der Waals surface area (Å²) in [4.78, 5) is 48.4. The number of benzene rings is 1. The molecule has 2 unspecified atom stereocenters. The lowest BCUT2D eigenvalue weighted by atomic mass is 10.0. The number of carbonyl (C=O) groups excluding carboxylic acids is 4. The topological polar surface area (TPSA) is 145 Å². The molecule has 1 N–H and O–H groups in total. The van der Waals surface area contributed by atoms with E-state index in [-0.39, 0.29) is 30.6 Å². The second-order valence-electron chi connectivity index (χ2n) is 9.02. The molecule has 0 radical (unpaired) electrons. The summed E-state index contributed by atoms with van der Waals surface area (Å²) in [6.07, 6.45) is -3.79. The van der Waals surface area contributed by atoms with Gasteiger partial charge >= 0.3 is 24.4 Å². The van der Waals surface area contributed by atoms with Gasteiger partial charge in [0, 0.05) is 6.54 Å². The fraction of sp³-hybridized carbons (Fsp3) is 0.615. The van der Waals surface area contributed by atoms with E-state index in [2.05, 4.69) is 5.32 Å². The summed E-state index contributed by atoms with van der Waals surface area (Å²) >= 11 is 0. The molecule has 0 aliphatic rings. The molecule has 214 valence electrons. The van der Waals surface area contributed by atoms with Gasteiger partial charge in [0.25, 0.3) is 0 Å². The minimum absolute atomic E-state index is 0.0791. The number of nitrogens with one attached hydrogen (secondary N) is 1. The first-order valence-electron chi connectivity index (χ1n) is 12.4. The molecule has 12 nitrogen and oxygen atoms in total. The Morgan fingerprint density at radius 1 is 0.763 bits per heavy atom. The van der Waals surface area contributed by atoms with Crippen molar-refractivity contribution in [2.45, 2.75) is 91.8 Å². The Morgan fingerprint density at radius 3 is 1.84 bits per heavy atom. The van der Waals surface area contributed by atoms with Crippen molar-refractivity contribution >= 4 is 24.4 Å². The molecule has 1 rings (SSSR count). The van der Waals surface area contributed by atoms with Crippen molar-refractivity contribution in [2.24, 2.45) is 0 Å². The van der Waals surface area contributed by atoms with E-state index in [1.807, 2.05) is 6.92 Å². The fourth-order valence-corrected chi connectivity index (χ4v) is 2.86. The molecule has 0 saturated heterocycles. The first-order chi connectivity index (χ1) is 17.8. The van der Waals surface area contributed by atoms with Gasteiger partial charge in [-0.1, -0.05) is 13.0 Å². The van der Waals surface area contributed by atoms with E-state index in [1.54, 1.807) is 47.6 Å². The van der Waals surface area contributed by atoms with Crippen LogP contribution in [0.25, 0.3) is 0 Å². The van der Waals surface area contributed by atoms with Crippen LogP contribution in [-0.4, -0.2) is 68.5 Å². The Balaban J connectivity index is 3.02. The lowest BCUT2D eigenvalue weighted by Crippen LogP contribution is -2.43. The van der Waals surface area contributed by atoms with Crippen LogP contribution < -0.4 is 14.8 Å². The maximum atomic E-state index is 12.4. The van der Waals surface area contributed by atoms with E-state index in [1.165, 1.54) is 19.2 Å².